The minimum absolute atomic E-state index is 0.123. The van der Waals surface area contributed by atoms with Crippen LogP contribution in [0, 0.1) is 5.41 Å². The maximum atomic E-state index is 5.32. The third-order valence-corrected chi connectivity index (χ3v) is 6.22. The van der Waals surface area contributed by atoms with Crippen molar-refractivity contribution < 1.29 is 4.74 Å². The maximum Gasteiger partial charge on any atom is 0.191 e. The van der Waals surface area contributed by atoms with Crippen molar-refractivity contribution in [1.29, 1.82) is 0 Å². The van der Waals surface area contributed by atoms with Crippen molar-refractivity contribution >= 4 is 17.3 Å². The Kier molecular flexibility index (Phi) is 7.89. The molecule has 0 saturated heterocycles. The van der Waals surface area contributed by atoms with Crippen LogP contribution in [-0.2, 0) is 16.6 Å². The number of rotatable bonds is 8. The minimum Gasteiger partial charge on any atom is -0.385 e. The van der Waals surface area contributed by atoms with Gasteiger partial charge < -0.3 is 15.4 Å². The summed E-state index contributed by atoms with van der Waals surface area (Å²) in [5, 5.41) is 10.3. The third-order valence-electron chi connectivity index (χ3n) is 5.31. The van der Waals surface area contributed by atoms with Crippen molar-refractivity contribution in [3.63, 3.8) is 0 Å². The van der Waals surface area contributed by atoms with Gasteiger partial charge in [-0.25, -0.2) is 4.98 Å². The summed E-state index contributed by atoms with van der Waals surface area (Å²) in [6, 6.07) is 0. The van der Waals surface area contributed by atoms with Crippen molar-refractivity contribution in [2.45, 2.75) is 64.7 Å². The van der Waals surface area contributed by atoms with Crippen LogP contribution in [0.5, 0.6) is 0 Å². The fourth-order valence-electron chi connectivity index (χ4n) is 3.51. The van der Waals surface area contributed by atoms with Crippen molar-refractivity contribution in [1.82, 2.24) is 15.6 Å². The SMILES string of the molecule is CN=C(NCCc1nc(C(C)(C)C)cs1)NCC1(CCOC)CCCC1. The van der Waals surface area contributed by atoms with Crippen molar-refractivity contribution in [3.8, 4) is 0 Å². The fraction of sp³-hybridized carbons (Fsp3) is 0.800. The highest BCUT2D eigenvalue weighted by Crippen LogP contribution is 2.40. The molecule has 0 aromatic carbocycles. The molecule has 1 heterocycles. The molecule has 0 spiro atoms. The first kappa shape index (κ1) is 21.2. The Balaban J connectivity index is 1.78. The van der Waals surface area contributed by atoms with Crippen LogP contribution < -0.4 is 10.6 Å². The summed E-state index contributed by atoms with van der Waals surface area (Å²) < 4.78 is 5.32. The number of hydrogen-bond donors (Lipinski definition) is 2. The van der Waals surface area contributed by atoms with Gasteiger partial charge in [-0.3, -0.25) is 4.99 Å². The van der Waals surface area contributed by atoms with E-state index in [0.717, 1.165) is 38.5 Å². The topological polar surface area (TPSA) is 58.5 Å². The number of nitrogens with zero attached hydrogens (tertiary/aromatic N) is 2. The second kappa shape index (κ2) is 9.70. The predicted molar refractivity (Wildman–Crippen MR) is 111 cm³/mol. The molecule has 6 heteroatoms. The smallest absolute Gasteiger partial charge is 0.191 e. The molecule has 0 unspecified atom stereocenters. The summed E-state index contributed by atoms with van der Waals surface area (Å²) in [6.45, 7) is 9.28. The Morgan fingerprint density at radius 2 is 2.04 bits per heavy atom. The largest absolute Gasteiger partial charge is 0.385 e. The summed E-state index contributed by atoms with van der Waals surface area (Å²) in [7, 11) is 3.63. The standard InChI is InChI=1S/C20H36N4OS/c1-19(2,3)16-14-26-17(24-16)8-12-22-18(21-4)23-15-20(11-13-25-5)9-6-7-10-20/h14H,6-13,15H2,1-5H3,(H2,21,22,23). The summed E-state index contributed by atoms with van der Waals surface area (Å²) in [6.07, 6.45) is 7.29. The van der Waals surface area contributed by atoms with Crippen LogP contribution in [0.25, 0.3) is 0 Å². The number of guanidine groups is 1. The van der Waals surface area contributed by atoms with E-state index in [1.165, 1.54) is 36.4 Å². The van der Waals surface area contributed by atoms with Crippen LogP contribution in [0.2, 0.25) is 0 Å². The molecule has 0 atom stereocenters. The Labute approximate surface area is 163 Å². The first-order chi connectivity index (χ1) is 12.4. The van der Waals surface area contributed by atoms with Gasteiger partial charge in [0.05, 0.1) is 10.7 Å². The van der Waals surface area contributed by atoms with Gasteiger partial charge in [0, 0.05) is 51.1 Å². The van der Waals surface area contributed by atoms with Crippen LogP contribution in [0.1, 0.15) is 63.6 Å². The minimum atomic E-state index is 0.123. The Morgan fingerprint density at radius 3 is 2.62 bits per heavy atom. The Bertz CT molecular complexity index is 571. The molecule has 1 aromatic heterocycles. The molecule has 0 bridgehead atoms. The molecule has 26 heavy (non-hydrogen) atoms. The maximum absolute atomic E-state index is 5.32. The quantitative estimate of drug-likeness (QED) is 0.533. The number of hydrogen-bond acceptors (Lipinski definition) is 4. The van der Waals surface area contributed by atoms with Gasteiger partial charge in [0.1, 0.15) is 0 Å². The molecule has 0 amide bonds. The van der Waals surface area contributed by atoms with Gasteiger partial charge >= 0.3 is 0 Å². The molecule has 1 fully saturated rings. The highest BCUT2D eigenvalue weighted by molar-refractivity contribution is 7.09. The fourth-order valence-corrected chi connectivity index (χ4v) is 4.53. The molecule has 2 N–H and O–H groups in total. The molecule has 1 aromatic rings. The van der Waals surface area contributed by atoms with Gasteiger partial charge in [-0.2, -0.15) is 0 Å². The van der Waals surface area contributed by atoms with Crippen LogP contribution in [-0.4, -0.2) is 44.8 Å². The summed E-state index contributed by atoms with van der Waals surface area (Å²) in [5.41, 5.74) is 1.67. The lowest BCUT2D eigenvalue weighted by Gasteiger charge is -2.29. The monoisotopic (exact) mass is 380 g/mol. The van der Waals surface area contributed by atoms with E-state index < -0.39 is 0 Å². The number of aromatic nitrogens is 1. The Hall–Kier alpha value is -1.14. The molecule has 148 valence electrons. The number of ether oxygens (including phenoxy) is 1. The van der Waals surface area contributed by atoms with E-state index in [0.29, 0.717) is 5.41 Å². The third kappa shape index (κ3) is 6.23. The van der Waals surface area contributed by atoms with E-state index in [9.17, 15) is 0 Å². The average Bonchev–Trinajstić information content (AvgIpc) is 3.26. The van der Waals surface area contributed by atoms with Crippen molar-refractivity contribution in [3.05, 3.63) is 16.1 Å². The van der Waals surface area contributed by atoms with Crippen molar-refractivity contribution in [2.75, 3.05) is 33.9 Å². The van der Waals surface area contributed by atoms with Gasteiger partial charge in [-0.1, -0.05) is 33.6 Å². The highest BCUT2D eigenvalue weighted by Gasteiger charge is 2.33. The number of methoxy groups -OCH3 is 1. The van der Waals surface area contributed by atoms with Gasteiger partial charge in [-0.15, -0.1) is 11.3 Å². The molecule has 2 rings (SSSR count). The zero-order chi connectivity index (χ0) is 19.0. The van der Waals surface area contributed by atoms with E-state index in [1.54, 1.807) is 18.4 Å². The summed E-state index contributed by atoms with van der Waals surface area (Å²) in [4.78, 5) is 9.14. The number of aliphatic imine (C=N–C) groups is 1. The summed E-state index contributed by atoms with van der Waals surface area (Å²) >= 11 is 1.75. The van der Waals surface area contributed by atoms with E-state index in [-0.39, 0.29) is 5.41 Å². The van der Waals surface area contributed by atoms with Gasteiger partial charge in [0.15, 0.2) is 5.96 Å². The van der Waals surface area contributed by atoms with E-state index in [2.05, 4.69) is 41.8 Å². The lowest BCUT2D eigenvalue weighted by molar-refractivity contribution is 0.138. The van der Waals surface area contributed by atoms with E-state index in [4.69, 9.17) is 9.72 Å². The first-order valence-corrected chi connectivity index (χ1v) is 10.6. The summed E-state index contributed by atoms with van der Waals surface area (Å²) in [5.74, 6) is 0.890. The first-order valence-electron chi connectivity index (χ1n) is 9.77. The van der Waals surface area contributed by atoms with Crippen LogP contribution >= 0.6 is 11.3 Å². The lowest BCUT2D eigenvalue weighted by atomic mass is 9.83. The highest BCUT2D eigenvalue weighted by atomic mass is 32.1. The molecule has 1 saturated carbocycles. The van der Waals surface area contributed by atoms with Gasteiger partial charge in [0.25, 0.3) is 0 Å². The van der Waals surface area contributed by atoms with Crippen molar-refractivity contribution in [2.24, 2.45) is 10.4 Å². The van der Waals surface area contributed by atoms with E-state index in [1.807, 2.05) is 7.05 Å². The second-order valence-electron chi connectivity index (χ2n) is 8.43. The zero-order valence-electron chi connectivity index (χ0n) is 17.2. The number of nitrogens with one attached hydrogen (secondary N) is 2. The molecule has 0 aliphatic heterocycles. The van der Waals surface area contributed by atoms with Crippen LogP contribution in [0.3, 0.4) is 0 Å². The normalized spacial score (nSPS) is 17.5. The molecular formula is C20H36N4OS. The van der Waals surface area contributed by atoms with Gasteiger partial charge in [-0.05, 0) is 24.7 Å². The van der Waals surface area contributed by atoms with Gasteiger partial charge in [0.2, 0.25) is 0 Å². The average molecular weight is 381 g/mol. The second-order valence-corrected chi connectivity index (χ2v) is 9.37. The lowest BCUT2D eigenvalue weighted by Crippen LogP contribution is -2.43. The zero-order valence-corrected chi connectivity index (χ0v) is 18.0. The predicted octanol–water partition coefficient (Wildman–Crippen LogP) is 3.75. The molecular weight excluding hydrogens is 344 g/mol. The molecule has 5 nitrogen and oxygen atoms in total. The molecule has 1 aliphatic rings. The van der Waals surface area contributed by atoms with Crippen LogP contribution in [0.15, 0.2) is 10.4 Å². The van der Waals surface area contributed by atoms with Crippen LogP contribution in [0.4, 0.5) is 0 Å². The molecule has 0 radical (unpaired) electrons. The van der Waals surface area contributed by atoms with E-state index >= 15 is 0 Å². The number of thiazole rings is 1. The Morgan fingerprint density at radius 1 is 1.31 bits per heavy atom. The molecule has 1 aliphatic carbocycles.